The summed E-state index contributed by atoms with van der Waals surface area (Å²) in [7, 11) is 1.45. The van der Waals surface area contributed by atoms with E-state index in [-0.39, 0.29) is 18.8 Å². The van der Waals surface area contributed by atoms with Crippen LogP contribution >= 0.6 is 0 Å². The van der Waals surface area contributed by atoms with Crippen molar-refractivity contribution in [2.75, 3.05) is 13.7 Å². The van der Waals surface area contributed by atoms with Crippen molar-refractivity contribution in [3.8, 4) is 11.5 Å². The van der Waals surface area contributed by atoms with E-state index < -0.39 is 17.8 Å². The first-order valence-electron chi connectivity index (χ1n) is 8.45. The number of hydrogen-bond donors (Lipinski definition) is 2. The molecule has 2 aromatic rings. The third kappa shape index (κ3) is 4.29. The fourth-order valence-electron chi connectivity index (χ4n) is 2.69. The van der Waals surface area contributed by atoms with Gasteiger partial charge in [0, 0.05) is 0 Å². The van der Waals surface area contributed by atoms with Crippen LogP contribution in [0.5, 0.6) is 11.5 Å². The Morgan fingerprint density at radius 1 is 1.14 bits per heavy atom. The van der Waals surface area contributed by atoms with Crippen molar-refractivity contribution in [2.45, 2.75) is 6.54 Å². The summed E-state index contributed by atoms with van der Waals surface area (Å²) in [4.78, 5) is 36.8. The van der Waals surface area contributed by atoms with E-state index in [2.05, 4.69) is 5.32 Å². The van der Waals surface area contributed by atoms with Crippen molar-refractivity contribution in [1.29, 1.82) is 0 Å². The summed E-state index contributed by atoms with van der Waals surface area (Å²) in [6, 6.07) is 13.7. The molecule has 0 aliphatic carbocycles. The van der Waals surface area contributed by atoms with Gasteiger partial charge in [0.2, 0.25) is 0 Å². The number of nitrogens with one attached hydrogen (secondary N) is 1. The van der Waals surface area contributed by atoms with Crippen LogP contribution in [0.4, 0.5) is 4.79 Å². The largest absolute Gasteiger partial charge is 0.493 e. The molecule has 28 heavy (non-hydrogen) atoms. The van der Waals surface area contributed by atoms with E-state index in [1.165, 1.54) is 7.11 Å². The van der Waals surface area contributed by atoms with E-state index in [1.54, 1.807) is 24.3 Å². The lowest BCUT2D eigenvalue weighted by molar-refractivity contribution is -0.123. The van der Waals surface area contributed by atoms with Gasteiger partial charge in [0.05, 0.1) is 13.7 Å². The number of nitrogens with zero attached hydrogens (tertiary/aromatic N) is 1. The van der Waals surface area contributed by atoms with Gasteiger partial charge in [0.15, 0.2) is 18.1 Å². The number of benzene rings is 2. The zero-order chi connectivity index (χ0) is 20.1. The monoisotopic (exact) mass is 381 g/mol. The van der Waals surface area contributed by atoms with Gasteiger partial charge in [-0.3, -0.25) is 14.5 Å². The lowest BCUT2D eigenvalue weighted by Gasteiger charge is -2.11. The number of carbonyl (C=O) groups excluding carboxylic acids is 3. The third-order valence-electron chi connectivity index (χ3n) is 4.01. The summed E-state index contributed by atoms with van der Waals surface area (Å²) in [5.41, 5.74) is 6.70. The highest BCUT2D eigenvalue weighted by atomic mass is 16.5. The number of ether oxygens (including phenoxy) is 2. The van der Waals surface area contributed by atoms with Crippen molar-refractivity contribution < 1.29 is 23.9 Å². The average molecular weight is 381 g/mol. The quantitative estimate of drug-likeness (QED) is 0.560. The number of primary amides is 1. The molecule has 0 unspecified atom stereocenters. The van der Waals surface area contributed by atoms with Crippen molar-refractivity contribution in [3.05, 3.63) is 65.4 Å². The van der Waals surface area contributed by atoms with E-state index in [4.69, 9.17) is 15.2 Å². The molecule has 8 heteroatoms. The van der Waals surface area contributed by atoms with Gasteiger partial charge < -0.3 is 20.5 Å². The summed E-state index contributed by atoms with van der Waals surface area (Å²) in [6.07, 6.45) is 1.55. The fraction of sp³-hybridized carbons (Fsp3) is 0.150. The second-order valence-corrected chi connectivity index (χ2v) is 6.03. The van der Waals surface area contributed by atoms with Crippen LogP contribution in [0.15, 0.2) is 54.2 Å². The van der Waals surface area contributed by atoms with Crippen LogP contribution in [-0.2, 0) is 16.1 Å². The molecule has 1 fully saturated rings. The average Bonchev–Trinajstić information content (AvgIpc) is 2.95. The molecule has 0 atom stereocenters. The molecule has 1 aliphatic rings. The number of urea groups is 1. The van der Waals surface area contributed by atoms with Gasteiger partial charge in [-0.05, 0) is 29.3 Å². The normalized spacial score (nSPS) is 14.9. The highest BCUT2D eigenvalue weighted by Gasteiger charge is 2.33. The predicted molar refractivity (Wildman–Crippen MR) is 101 cm³/mol. The first kappa shape index (κ1) is 19.0. The molecule has 2 aromatic carbocycles. The minimum Gasteiger partial charge on any atom is -0.493 e. The summed E-state index contributed by atoms with van der Waals surface area (Å²) < 4.78 is 10.5. The smallest absolute Gasteiger partial charge is 0.329 e. The van der Waals surface area contributed by atoms with Crippen LogP contribution < -0.4 is 20.5 Å². The lowest BCUT2D eigenvalue weighted by atomic mass is 10.1. The number of hydrogen-bond acceptors (Lipinski definition) is 5. The number of methoxy groups -OCH3 is 1. The summed E-state index contributed by atoms with van der Waals surface area (Å²) in [5.74, 6) is -0.308. The number of nitrogens with two attached hydrogens (primary N) is 1. The molecule has 0 bridgehead atoms. The maximum Gasteiger partial charge on any atom is 0.329 e. The second kappa shape index (κ2) is 8.26. The van der Waals surface area contributed by atoms with Crippen LogP contribution in [0.25, 0.3) is 6.08 Å². The number of imide groups is 1. The molecule has 1 saturated heterocycles. The molecular formula is C20H19N3O5. The first-order valence-corrected chi connectivity index (χ1v) is 8.45. The molecule has 0 radical (unpaired) electrons. The maximum atomic E-state index is 12.6. The van der Waals surface area contributed by atoms with Crippen LogP contribution in [0.1, 0.15) is 11.1 Å². The minimum absolute atomic E-state index is 0.161. The molecule has 3 N–H and O–H groups in total. The Labute approximate surface area is 161 Å². The Kier molecular flexibility index (Phi) is 5.59. The van der Waals surface area contributed by atoms with Gasteiger partial charge in [-0.2, -0.15) is 0 Å². The SMILES string of the molecule is COc1cc(/C=C2/NC(=O)N(Cc3ccccc3)C2=O)ccc1OCC(N)=O. The molecule has 4 amide bonds. The van der Waals surface area contributed by atoms with Crippen molar-refractivity contribution in [2.24, 2.45) is 5.73 Å². The van der Waals surface area contributed by atoms with Gasteiger partial charge in [-0.25, -0.2) is 4.79 Å². The summed E-state index contributed by atoms with van der Waals surface area (Å²) >= 11 is 0. The Morgan fingerprint density at radius 3 is 2.57 bits per heavy atom. The molecule has 0 spiro atoms. The Balaban J connectivity index is 1.78. The minimum atomic E-state index is -0.606. The van der Waals surface area contributed by atoms with Gasteiger partial charge >= 0.3 is 6.03 Å². The summed E-state index contributed by atoms with van der Waals surface area (Å²) in [6.45, 7) is -0.0914. The van der Waals surface area contributed by atoms with E-state index in [0.717, 1.165) is 10.5 Å². The van der Waals surface area contributed by atoms with E-state index in [1.807, 2.05) is 30.3 Å². The Morgan fingerprint density at radius 2 is 1.89 bits per heavy atom. The van der Waals surface area contributed by atoms with Gasteiger partial charge in [0.25, 0.3) is 11.8 Å². The topological polar surface area (TPSA) is 111 Å². The molecule has 144 valence electrons. The van der Waals surface area contributed by atoms with E-state index in [0.29, 0.717) is 17.1 Å². The molecule has 0 saturated carbocycles. The molecule has 8 nitrogen and oxygen atoms in total. The Hall–Kier alpha value is -3.81. The van der Waals surface area contributed by atoms with E-state index in [9.17, 15) is 14.4 Å². The fourth-order valence-corrected chi connectivity index (χ4v) is 2.69. The molecule has 1 aliphatic heterocycles. The number of amides is 4. The summed E-state index contributed by atoms with van der Waals surface area (Å²) in [5, 5.41) is 2.58. The third-order valence-corrected chi connectivity index (χ3v) is 4.01. The zero-order valence-corrected chi connectivity index (χ0v) is 15.2. The second-order valence-electron chi connectivity index (χ2n) is 6.03. The zero-order valence-electron chi connectivity index (χ0n) is 15.2. The van der Waals surface area contributed by atoms with Crippen LogP contribution in [0.2, 0.25) is 0 Å². The maximum absolute atomic E-state index is 12.6. The van der Waals surface area contributed by atoms with Gasteiger partial charge in [-0.15, -0.1) is 0 Å². The molecular weight excluding hydrogens is 362 g/mol. The van der Waals surface area contributed by atoms with Crippen LogP contribution in [0.3, 0.4) is 0 Å². The molecule has 0 aromatic heterocycles. The number of rotatable bonds is 7. The first-order chi connectivity index (χ1) is 13.5. The van der Waals surface area contributed by atoms with Crippen LogP contribution in [-0.4, -0.2) is 36.5 Å². The molecule has 3 rings (SSSR count). The Bertz CT molecular complexity index is 940. The van der Waals surface area contributed by atoms with Crippen molar-refractivity contribution in [3.63, 3.8) is 0 Å². The van der Waals surface area contributed by atoms with Gasteiger partial charge in [-0.1, -0.05) is 36.4 Å². The standard InChI is InChI=1S/C20H19N3O5/c1-27-17-10-14(7-8-16(17)28-12-18(21)24)9-15-19(25)23(20(26)22-15)11-13-5-3-2-4-6-13/h2-10H,11-12H2,1H3,(H2,21,24)(H,22,26)/b15-9+. The highest BCUT2D eigenvalue weighted by Crippen LogP contribution is 2.29. The van der Waals surface area contributed by atoms with E-state index >= 15 is 0 Å². The highest BCUT2D eigenvalue weighted by molar-refractivity contribution is 6.13. The van der Waals surface area contributed by atoms with Crippen molar-refractivity contribution >= 4 is 23.9 Å². The predicted octanol–water partition coefficient (Wildman–Crippen LogP) is 1.65. The molecule has 1 heterocycles. The van der Waals surface area contributed by atoms with Gasteiger partial charge in [0.1, 0.15) is 5.70 Å². The van der Waals surface area contributed by atoms with Crippen molar-refractivity contribution in [1.82, 2.24) is 10.2 Å². The van der Waals surface area contributed by atoms with Crippen LogP contribution in [0, 0.1) is 0 Å². The lowest BCUT2D eigenvalue weighted by Crippen LogP contribution is -2.30. The number of carbonyl (C=O) groups is 3.